The molecule has 0 bridgehead atoms. The van der Waals surface area contributed by atoms with Crippen molar-refractivity contribution in [3.05, 3.63) is 66.4 Å². The molecule has 1 heterocycles. The summed E-state index contributed by atoms with van der Waals surface area (Å²) in [6, 6.07) is 17.5. The fourth-order valence-electron chi connectivity index (χ4n) is 2.49. The molecule has 3 aromatic rings. The van der Waals surface area contributed by atoms with Gasteiger partial charge in [-0.15, -0.1) is 0 Å². The third-order valence-corrected chi connectivity index (χ3v) is 3.88. The summed E-state index contributed by atoms with van der Waals surface area (Å²) in [6.45, 7) is 0. The first-order valence-electron chi connectivity index (χ1n) is 7.73. The van der Waals surface area contributed by atoms with Gasteiger partial charge in [0, 0.05) is 17.2 Å². The molecule has 1 aromatic heterocycles. The van der Waals surface area contributed by atoms with E-state index in [1.165, 1.54) is 0 Å². The van der Waals surface area contributed by atoms with E-state index in [0.717, 1.165) is 18.4 Å². The van der Waals surface area contributed by atoms with Crippen molar-refractivity contribution in [2.45, 2.75) is 18.9 Å². The van der Waals surface area contributed by atoms with E-state index in [1.807, 2.05) is 48.5 Å². The van der Waals surface area contributed by atoms with Crippen molar-refractivity contribution in [1.82, 2.24) is 10.3 Å². The van der Waals surface area contributed by atoms with E-state index in [0.29, 0.717) is 28.8 Å². The van der Waals surface area contributed by atoms with Crippen LogP contribution in [0.2, 0.25) is 0 Å². The third-order valence-electron chi connectivity index (χ3n) is 3.88. The number of oxazole rings is 1. The maximum absolute atomic E-state index is 12.4. The van der Waals surface area contributed by atoms with Crippen LogP contribution in [0.3, 0.4) is 0 Å². The number of carbonyl (C=O) groups is 1. The van der Waals surface area contributed by atoms with E-state index in [9.17, 15) is 4.79 Å². The van der Waals surface area contributed by atoms with Gasteiger partial charge in [-0.05, 0) is 25.0 Å². The first-order chi connectivity index (χ1) is 11.3. The standard InChI is InChI=1S/C19H16N2O2/c22-18(21-14-10-11-14)15-8-4-5-9-16(15)19-20-12-17(23-19)13-6-2-1-3-7-13/h1-9,12,14H,10-11H2,(H,21,22). The predicted octanol–water partition coefficient (Wildman–Crippen LogP) is 3.90. The lowest BCUT2D eigenvalue weighted by molar-refractivity contribution is 0.0951. The number of benzene rings is 2. The van der Waals surface area contributed by atoms with Crippen LogP contribution in [-0.2, 0) is 0 Å². The molecule has 23 heavy (non-hydrogen) atoms. The second kappa shape index (κ2) is 5.72. The van der Waals surface area contributed by atoms with Crippen molar-refractivity contribution in [1.29, 1.82) is 0 Å². The molecule has 0 unspecified atom stereocenters. The van der Waals surface area contributed by atoms with Gasteiger partial charge in [0.05, 0.1) is 11.8 Å². The molecule has 114 valence electrons. The summed E-state index contributed by atoms with van der Waals surface area (Å²) in [4.78, 5) is 16.7. The number of aromatic nitrogens is 1. The summed E-state index contributed by atoms with van der Waals surface area (Å²) in [5.41, 5.74) is 2.28. The van der Waals surface area contributed by atoms with Crippen LogP contribution in [0.25, 0.3) is 22.8 Å². The lowest BCUT2D eigenvalue weighted by Crippen LogP contribution is -2.25. The number of amides is 1. The third kappa shape index (κ3) is 2.88. The van der Waals surface area contributed by atoms with Crippen LogP contribution >= 0.6 is 0 Å². The number of nitrogens with zero attached hydrogens (tertiary/aromatic N) is 1. The van der Waals surface area contributed by atoms with E-state index < -0.39 is 0 Å². The Labute approximate surface area is 134 Å². The molecule has 1 amide bonds. The molecule has 1 aliphatic rings. The minimum Gasteiger partial charge on any atom is -0.436 e. The van der Waals surface area contributed by atoms with Gasteiger partial charge in [0.15, 0.2) is 5.76 Å². The Balaban J connectivity index is 1.68. The predicted molar refractivity (Wildman–Crippen MR) is 87.9 cm³/mol. The van der Waals surface area contributed by atoms with Crippen LogP contribution < -0.4 is 5.32 Å². The molecule has 1 aliphatic carbocycles. The van der Waals surface area contributed by atoms with Gasteiger partial charge in [0.2, 0.25) is 5.89 Å². The zero-order valence-electron chi connectivity index (χ0n) is 12.5. The van der Waals surface area contributed by atoms with Crippen molar-refractivity contribution in [3.63, 3.8) is 0 Å². The van der Waals surface area contributed by atoms with E-state index in [4.69, 9.17) is 4.42 Å². The number of hydrogen-bond acceptors (Lipinski definition) is 3. The van der Waals surface area contributed by atoms with E-state index >= 15 is 0 Å². The molecule has 4 heteroatoms. The van der Waals surface area contributed by atoms with Crippen molar-refractivity contribution >= 4 is 5.91 Å². The fourth-order valence-corrected chi connectivity index (χ4v) is 2.49. The topological polar surface area (TPSA) is 55.1 Å². The summed E-state index contributed by atoms with van der Waals surface area (Å²) < 4.78 is 5.88. The van der Waals surface area contributed by atoms with Crippen molar-refractivity contribution in [2.24, 2.45) is 0 Å². The number of hydrogen-bond donors (Lipinski definition) is 1. The zero-order valence-corrected chi connectivity index (χ0v) is 12.5. The average molecular weight is 304 g/mol. The van der Waals surface area contributed by atoms with Crippen LogP contribution in [0.1, 0.15) is 23.2 Å². The molecular formula is C19H16N2O2. The molecule has 0 spiro atoms. The van der Waals surface area contributed by atoms with Crippen LogP contribution in [0.5, 0.6) is 0 Å². The van der Waals surface area contributed by atoms with Crippen LogP contribution in [0, 0.1) is 0 Å². The molecule has 0 atom stereocenters. The largest absolute Gasteiger partial charge is 0.436 e. The average Bonchev–Trinajstić information content (AvgIpc) is 3.27. The molecule has 1 fully saturated rings. The smallest absolute Gasteiger partial charge is 0.252 e. The molecule has 0 radical (unpaired) electrons. The summed E-state index contributed by atoms with van der Waals surface area (Å²) in [7, 11) is 0. The maximum Gasteiger partial charge on any atom is 0.252 e. The van der Waals surface area contributed by atoms with Gasteiger partial charge in [-0.25, -0.2) is 4.98 Å². The van der Waals surface area contributed by atoms with E-state index in [-0.39, 0.29) is 5.91 Å². The van der Waals surface area contributed by atoms with E-state index in [1.54, 1.807) is 12.3 Å². The summed E-state index contributed by atoms with van der Waals surface area (Å²) in [5, 5.41) is 3.01. The highest BCUT2D eigenvalue weighted by atomic mass is 16.4. The highest BCUT2D eigenvalue weighted by Gasteiger charge is 2.25. The lowest BCUT2D eigenvalue weighted by Gasteiger charge is -2.07. The maximum atomic E-state index is 12.4. The van der Waals surface area contributed by atoms with Gasteiger partial charge >= 0.3 is 0 Å². The Kier molecular flexibility index (Phi) is 3.42. The molecular weight excluding hydrogens is 288 g/mol. The second-order valence-corrected chi connectivity index (χ2v) is 5.69. The lowest BCUT2D eigenvalue weighted by atomic mass is 10.1. The van der Waals surface area contributed by atoms with Gasteiger partial charge < -0.3 is 9.73 Å². The van der Waals surface area contributed by atoms with Crippen molar-refractivity contribution in [2.75, 3.05) is 0 Å². The first-order valence-corrected chi connectivity index (χ1v) is 7.73. The minimum atomic E-state index is -0.0671. The summed E-state index contributed by atoms with van der Waals surface area (Å²) in [5.74, 6) is 1.09. The molecule has 0 aliphatic heterocycles. The number of rotatable bonds is 4. The molecule has 4 nitrogen and oxygen atoms in total. The highest BCUT2D eigenvalue weighted by molar-refractivity contribution is 6.00. The monoisotopic (exact) mass is 304 g/mol. The quantitative estimate of drug-likeness (QED) is 0.795. The van der Waals surface area contributed by atoms with Crippen molar-refractivity contribution < 1.29 is 9.21 Å². The van der Waals surface area contributed by atoms with Crippen molar-refractivity contribution in [3.8, 4) is 22.8 Å². The van der Waals surface area contributed by atoms with Gasteiger partial charge in [0.1, 0.15) is 0 Å². The Bertz CT molecular complexity index is 835. The van der Waals surface area contributed by atoms with Gasteiger partial charge in [-0.2, -0.15) is 0 Å². The molecule has 1 saturated carbocycles. The highest BCUT2D eigenvalue weighted by Crippen LogP contribution is 2.28. The first kappa shape index (κ1) is 13.8. The number of carbonyl (C=O) groups excluding carboxylic acids is 1. The van der Waals surface area contributed by atoms with Gasteiger partial charge in [-0.3, -0.25) is 4.79 Å². The fraction of sp³-hybridized carbons (Fsp3) is 0.158. The Morgan fingerprint density at radius 1 is 1.04 bits per heavy atom. The summed E-state index contributed by atoms with van der Waals surface area (Å²) >= 11 is 0. The molecule has 1 N–H and O–H groups in total. The van der Waals surface area contributed by atoms with Crippen LogP contribution in [0.15, 0.2) is 65.2 Å². The summed E-state index contributed by atoms with van der Waals surface area (Å²) in [6.07, 6.45) is 3.82. The van der Waals surface area contributed by atoms with Crippen LogP contribution in [0.4, 0.5) is 0 Å². The Morgan fingerprint density at radius 2 is 1.78 bits per heavy atom. The number of nitrogens with one attached hydrogen (secondary N) is 1. The SMILES string of the molecule is O=C(NC1CC1)c1ccccc1-c1ncc(-c2ccccc2)o1. The minimum absolute atomic E-state index is 0.0671. The Morgan fingerprint density at radius 3 is 2.57 bits per heavy atom. The Hall–Kier alpha value is -2.88. The normalized spacial score (nSPS) is 13.7. The van der Waals surface area contributed by atoms with E-state index in [2.05, 4.69) is 10.3 Å². The molecule has 0 saturated heterocycles. The van der Waals surface area contributed by atoms with Gasteiger partial charge in [0.25, 0.3) is 5.91 Å². The molecule has 4 rings (SSSR count). The van der Waals surface area contributed by atoms with Crippen LogP contribution in [-0.4, -0.2) is 16.9 Å². The zero-order chi connectivity index (χ0) is 15.6. The molecule has 2 aromatic carbocycles. The second-order valence-electron chi connectivity index (χ2n) is 5.69. The van der Waals surface area contributed by atoms with Gasteiger partial charge in [-0.1, -0.05) is 42.5 Å².